The number of rotatable bonds is 2. The van der Waals surface area contributed by atoms with E-state index in [4.69, 9.17) is 0 Å². The van der Waals surface area contributed by atoms with Gasteiger partial charge in [-0.1, -0.05) is 0 Å². The van der Waals surface area contributed by atoms with Crippen LogP contribution in [0.5, 0.6) is 0 Å². The maximum atomic E-state index is 13.9. The molecule has 20 heavy (non-hydrogen) atoms. The van der Waals surface area contributed by atoms with E-state index >= 15 is 0 Å². The highest BCUT2D eigenvalue weighted by Gasteiger charge is 2.46. The summed E-state index contributed by atoms with van der Waals surface area (Å²) < 4.78 is 13.9. The third-order valence-corrected chi connectivity index (χ3v) is 5.10. The van der Waals surface area contributed by atoms with Crippen LogP contribution in [0.25, 0.3) is 0 Å². The molecule has 0 aliphatic carbocycles. The smallest absolute Gasteiger partial charge is 0.164 e. The van der Waals surface area contributed by atoms with Crippen molar-refractivity contribution in [3.8, 4) is 0 Å². The van der Waals surface area contributed by atoms with Crippen LogP contribution in [0.4, 0.5) is 10.1 Å². The van der Waals surface area contributed by atoms with Crippen LogP contribution in [0.15, 0.2) is 18.5 Å². The second kappa shape index (κ2) is 5.30. The van der Waals surface area contributed by atoms with Gasteiger partial charge in [0.25, 0.3) is 0 Å². The third-order valence-electron chi connectivity index (χ3n) is 5.10. The van der Waals surface area contributed by atoms with Gasteiger partial charge in [0.15, 0.2) is 5.82 Å². The quantitative estimate of drug-likeness (QED) is 0.890. The molecule has 0 bridgehead atoms. The van der Waals surface area contributed by atoms with E-state index < -0.39 is 0 Å². The van der Waals surface area contributed by atoms with Crippen LogP contribution in [0, 0.1) is 11.2 Å². The Morgan fingerprint density at radius 1 is 1.45 bits per heavy atom. The minimum atomic E-state index is -0.262. The molecule has 2 fully saturated rings. The number of halogens is 1. The number of hydrogen-bond acceptors (Lipinski definition) is 4. The van der Waals surface area contributed by atoms with E-state index in [0.29, 0.717) is 11.7 Å². The van der Waals surface area contributed by atoms with E-state index in [9.17, 15) is 9.50 Å². The van der Waals surface area contributed by atoms with Crippen LogP contribution < -0.4 is 4.90 Å². The zero-order valence-corrected chi connectivity index (χ0v) is 11.9. The van der Waals surface area contributed by atoms with Gasteiger partial charge in [-0.3, -0.25) is 4.98 Å². The van der Waals surface area contributed by atoms with Gasteiger partial charge in [-0.05, 0) is 38.9 Å². The molecule has 2 atom stereocenters. The first-order valence-corrected chi connectivity index (χ1v) is 7.32. The van der Waals surface area contributed by atoms with Gasteiger partial charge in [0.1, 0.15) is 0 Å². The highest BCUT2D eigenvalue weighted by atomic mass is 19.1. The molecular formula is C15H22FN3O. The maximum Gasteiger partial charge on any atom is 0.164 e. The molecule has 2 saturated heterocycles. The number of pyridine rings is 1. The average molecular weight is 279 g/mol. The van der Waals surface area contributed by atoms with Crippen LogP contribution >= 0.6 is 0 Å². The van der Waals surface area contributed by atoms with E-state index in [1.54, 1.807) is 12.3 Å². The van der Waals surface area contributed by atoms with Crippen molar-refractivity contribution in [3.05, 3.63) is 24.3 Å². The Morgan fingerprint density at radius 2 is 2.30 bits per heavy atom. The summed E-state index contributed by atoms with van der Waals surface area (Å²) in [5, 5.41) is 9.88. The lowest BCUT2D eigenvalue weighted by atomic mass is 9.69. The molecule has 0 amide bonds. The predicted molar refractivity (Wildman–Crippen MR) is 76.2 cm³/mol. The SMILES string of the molecule is CN1CCC[C@]2(CO)CCN(c3ccncc3F)C[C@@H]12. The molecule has 5 heteroatoms. The van der Waals surface area contributed by atoms with E-state index in [1.165, 1.54) is 6.20 Å². The molecule has 0 saturated carbocycles. The number of piperidine rings is 2. The molecule has 2 aliphatic rings. The Labute approximate surface area is 119 Å². The van der Waals surface area contributed by atoms with E-state index in [1.807, 2.05) is 0 Å². The van der Waals surface area contributed by atoms with Crippen LogP contribution in [-0.4, -0.2) is 54.3 Å². The summed E-state index contributed by atoms with van der Waals surface area (Å²) >= 11 is 0. The van der Waals surface area contributed by atoms with Crippen molar-refractivity contribution >= 4 is 5.69 Å². The van der Waals surface area contributed by atoms with Gasteiger partial charge in [-0.2, -0.15) is 0 Å². The molecule has 3 heterocycles. The molecule has 0 radical (unpaired) electrons. The third kappa shape index (κ3) is 2.19. The zero-order valence-electron chi connectivity index (χ0n) is 11.9. The second-order valence-corrected chi connectivity index (χ2v) is 6.14. The molecular weight excluding hydrogens is 257 g/mol. The first-order valence-electron chi connectivity index (χ1n) is 7.32. The summed E-state index contributed by atoms with van der Waals surface area (Å²) in [6.45, 7) is 2.86. The van der Waals surface area contributed by atoms with Gasteiger partial charge in [0, 0.05) is 30.7 Å². The normalized spacial score (nSPS) is 31.1. The lowest BCUT2D eigenvalue weighted by molar-refractivity contribution is -0.0277. The van der Waals surface area contributed by atoms with Gasteiger partial charge in [-0.15, -0.1) is 0 Å². The Balaban J connectivity index is 1.85. The molecule has 4 nitrogen and oxygen atoms in total. The largest absolute Gasteiger partial charge is 0.396 e. The molecule has 3 rings (SSSR count). The molecule has 1 aromatic rings. The summed E-state index contributed by atoms with van der Waals surface area (Å²) in [6.07, 6.45) is 6.04. The number of hydrogen-bond donors (Lipinski definition) is 1. The Kier molecular flexibility index (Phi) is 3.65. The van der Waals surface area contributed by atoms with Gasteiger partial charge in [-0.25, -0.2) is 4.39 Å². The van der Waals surface area contributed by atoms with Crippen molar-refractivity contribution in [1.82, 2.24) is 9.88 Å². The number of aliphatic hydroxyl groups is 1. The molecule has 1 aromatic heterocycles. The number of likely N-dealkylation sites (N-methyl/N-ethyl adjacent to an activating group) is 1. The highest BCUT2D eigenvalue weighted by molar-refractivity contribution is 5.47. The van der Waals surface area contributed by atoms with Crippen molar-refractivity contribution < 1.29 is 9.50 Å². The summed E-state index contributed by atoms with van der Waals surface area (Å²) in [4.78, 5) is 8.23. The lowest BCUT2D eigenvalue weighted by Gasteiger charge is -2.54. The van der Waals surface area contributed by atoms with Crippen LogP contribution in [-0.2, 0) is 0 Å². The Morgan fingerprint density at radius 3 is 3.05 bits per heavy atom. The fourth-order valence-corrected chi connectivity index (χ4v) is 3.86. The van der Waals surface area contributed by atoms with Crippen molar-refractivity contribution in [2.24, 2.45) is 5.41 Å². The molecule has 1 N–H and O–H groups in total. The standard InChI is InChI=1S/C15H22FN3O/c1-18-7-2-4-15(11-20)5-8-19(10-14(15)18)13-3-6-17-9-12(13)16/h3,6,9,14,20H,2,4-5,7-8,10-11H2,1H3/t14-,15-/m1/s1. The number of anilines is 1. The number of fused-ring (bicyclic) bond motifs is 1. The van der Waals surface area contributed by atoms with Gasteiger partial charge in [0.2, 0.25) is 0 Å². The summed E-state index contributed by atoms with van der Waals surface area (Å²) in [5.41, 5.74) is 0.623. The first-order chi connectivity index (χ1) is 9.66. The van der Waals surface area contributed by atoms with E-state index in [0.717, 1.165) is 38.9 Å². The number of likely N-dealkylation sites (tertiary alicyclic amines) is 1. The van der Waals surface area contributed by atoms with Crippen LogP contribution in [0.2, 0.25) is 0 Å². The zero-order chi connectivity index (χ0) is 14.2. The van der Waals surface area contributed by atoms with Gasteiger partial charge < -0.3 is 14.9 Å². The second-order valence-electron chi connectivity index (χ2n) is 6.14. The van der Waals surface area contributed by atoms with Crippen molar-refractivity contribution in [2.75, 3.05) is 38.2 Å². The van der Waals surface area contributed by atoms with Crippen molar-refractivity contribution in [3.63, 3.8) is 0 Å². The van der Waals surface area contributed by atoms with Crippen molar-refractivity contribution in [2.45, 2.75) is 25.3 Å². The van der Waals surface area contributed by atoms with Crippen LogP contribution in [0.1, 0.15) is 19.3 Å². The Hall–Kier alpha value is -1.20. The average Bonchev–Trinajstić information content (AvgIpc) is 2.48. The number of aliphatic hydroxyl groups excluding tert-OH is 1. The van der Waals surface area contributed by atoms with E-state index in [-0.39, 0.29) is 17.8 Å². The first kappa shape index (κ1) is 13.8. The summed E-state index contributed by atoms with van der Waals surface area (Å²) in [7, 11) is 2.11. The number of nitrogens with zero attached hydrogens (tertiary/aromatic N) is 3. The maximum absolute atomic E-state index is 13.9. The molecule has 0 spiro atoms. The molecule has 0 aromatic carbocycles. The highest BCUT2D eigenvalue weighted by Crippen LogP contribution is 2.42. The lowest BCUT2D eigenvalue weighted by Crippen LogP contribution is -2.61. The fraction of sp³-hybridized carbons (Fsp3) is 0.667. The van der Waals surface area contributed by atoms with Crippen LogP contribution in [0.3, 0.4) is 0 Å². The fourth-order valence-electron chi connectivity index (χ4n) is 3.86. The topological polar surface area (TPSA) is 39.6 Å². The monoisotopic (exact) mass is 279 g/mol. The Bertz CT molecular complexity index is 484. The number of aromatic nitrogens is 1. The summed E-state index contributed by atoms with van der Waals surface area (Å²) in [5.74, 6) is -0.262. The molecule has 0 unspecified atom stereocenters. The summed E-state index contributed by atoms with van der Waals surface area (Å²) in [6, 6.07) is 2.03. The minimum Gasteiger partial charge on any atom is -0.396 e. The predicted octanol–water partition coefficient (Wildman–Crippen LogP) is 1.50. The van der Waals surface area contributed by atoms with Gasteiger partial charge in [0.05, 0.1) is 18.5 Å². The van der Waals surface area contributed by atoms with E-state index in [2.05, 4.69) is 21.8 Å². The molecule has 110 valence electrons. The minimum absolute atomic E-state index is 0.00694. The van der Waals surface area contributed by atoms with Crippen molar-refractivity contribution in [1.29, 1.82) is 0 Å². The molecule has 2 aliphatic heterocycles. The van der Waals surface area contributed by atoms with Gasteiger partial charge >= 0.3 is 0 Å².